The lowest BCUT2D eigenvalue weighted by atomic mass is 9.56. The summed E-state index contributed by atoms with van der Waals surface area (Å²) < 4.78 is 5.63. The van der Waals surface area contributed by atoms with Gasteiger partial charge in [-0.05, 0) is 57.3 Å². The molecule has 29 heavy (non-hydrogen) atoms. The van der Waals surface area contributed by atoms with E-state index in [0.717, 1.165) is 30.4 Å². The van der Waals surface area contributed by atoms with E-state index in [1.54, 1.807) is 0 Å². The van der Waals surface area contributed by atoms with Crippen LogP contribution in [0.4, 0.5) is 0 Å². The van der Waals surface area contributed by atoms with Crippen LogP contribution in [0, 0.1) is 16.7 Å². The summed E-state index contributed by atoms with van der Waals surface area (Å²) in [6, 6.07) is 0.773. The minimum Gasteiger partial charge on any atom is -0.378 e. The van der Waals surface area contributed by atoms with E-state index in [1.165, 1.54) is 71.1 Å². The molecule has 0 radical (unpaired) electrons. The number of nitrogens with zero attached hydrogens (tertiary/aromatic N) is 1. The molecule has 0 unspecified atom stereocenters. The van der Waals surface area contributed by atoms with E-state index in [4.69, 9.17) is 4.74 Å². The summed E-state index contributed by atoms with van der Waals surface area (Å²) in [5.41, 5.74) is 1.47. The molecule has 4 aliphatic rings. The van der Waals surface area contributed by atoms with Crippen LogP contribution in [0.5, 0.6) is 0 Å². The molecule has 4 rings (SSSR count). The van der Waals surface area contributed by atoms with Gasteiger partial charge in [0.1, 0.15) is 0 Å². The van der Waals surface area contributed by atoms with Crippen LogP contribution in [0.3, 0.4) is 0 Å². The molecule has 2 heterocycles. The Morgan fingerprint density at radius 1 is 0.897 bits per heavy atom. The molecule has 2 aliphatic carbocycles. The van der Waals surface area contributed by atoms with Crippen molar-refractivity contribution in [1.82, 2.24) is 10.2 Å². The molecule has 0 aromatic heterocycles. The fraction of sp³-hybridized carbons (Fsp3) is 1.00. The Morgan fingerprint density at radius 3 is 1.90 bits per heavy atom. The van der Waals surface area contributed by atoms with Crippen molar-refractivity contribution in [2.24, 2.45) is 16.7 Å². The van der Waals surface area contributed by atoms with Gasteiger partial charge in [-0.1, -0.05) is 60.8 Å². The average Bonchev–Trinajstić information content (AvgIpc) is 2.60. The Labute approximate surface area is 183 Å². The maximum absolute atomic E-state index is 5.63. The fourth-order valence-electron chi connectivity index (χ4n) is 5.38. The molecule has 174 valence electrons. The second kappa shape index (κ2) is 13.3. The lowest BCUT2D eigenvalue weighted by molar-refractivity contribution is -0.109. The second-order valence-corrected chi connectivity index (χ2v) is 9.92. The molecule has 2 saturated carbocycles. The van der Waals surface area contributed by atoms with Gasteiger partial charge in [-0.2, -0.15) is 0 Å². The third-order valence-corrected chi connectivity index (χ3v) is 7.10. The lowest BCUT2D eigenvalue weighted by Crippen LogP contribution is -2.63. The van der Waals surface area contributed by atoms with Crippen molar-refractivity contribution in [2.75, 3.05) is 32.8 Å². The van der Waals surface area contributed by atoms with E-state index in [9.17, 15) is 0 Å². The molecule has 0 atom stereocenters. The Balaban J connectivity index is 0.000000252. The Hall–Kier alpha value is -0.120. The van der Waals surface area contributed by atoms with Crippen LogP contribution in [0.2, 0.25) is 0 Å². The fourth-order valence-corrected chi connectivity index (χ4v) is 5.38. The zero-order chi connectivity index (χ0) is 21.9. The van der Waals surface area contributed by atoms with E-state index >= 15 is 0 Å². The molecule has 3 nitrogen and oxygen atoms in total. The zero-order valence-electron chi connectivity index (χ0n) is 21.3. The number of unbranched alkanes of at least 4 members (excludes halogenated alkanes) is 1. The van der Waals surface area contributed by atoms with Crippen LogP contribution in [0.1, 0.15) is 107 Å². The Morgan fingerprint density at radius 2 is 1.48 bits per heavy atom. The maximum Gasteiger partial charge on any atom is 0.0587 e. The van der Waals surface area contributed by atoms with Crippen molar-refractivity contribution in [3.63, 3.8) is 0 Å². The minimum atomic E-state index is 0.594. The van der Waals surface area contributed by atoms with Crippen LogP contribution >= 0.6 is 0 Å². The molecule has 0 aromatic rings. The number of hydrogen-bond donors (Lipinski definition) is 1. The predicted octanol–water partition coefficient (Wildman–Crippen LogP) is 6.51. The summed E-state index contributed by atoms with van der Waals surface area (Å²) in [6.07, 6.45) is 11.8. The van der Waals surface area contributed by atoms with E-state index in [2.05, 4.69) is 37.9 Å². The average molecular weight is 411 g/mol. The minimum absolute atomic E-state index is 0.594. The first-order chi connectivity index (χ1) is 14.0. The van der Waals surface area contributed by atoms with Crippen LogP contribution in [0.15, 0.2) is 0 Å². The van der Waals surface area contributed by atoms with Crippen molar-refractivity contribution in [1.29, 1.82) is 0 Å². The topological polar surface area (TPSA) is 24.5 Å². The van der Waals surface area contributed by atoms with Crippen molar-refractivity contribution < 1.29 is 4.74 Å². The monoisotopic (exact) mass is 410 g/mol. The number of rotatable bonds is 7. The van der Waals surface area contributed by atoms with E-state index < -0.39 is 0 Å². The highest BCUT2D eigenvalue weighted by molar-refractivity contribution is 5.05. The van der Waals surface area contributed by atoms with Gasteiger partial charge >= 0.3 is 0 Å². The van der Waals surface area contributed by atoms with Gasteiger partial charge in [-0.3, -0.25) is 4.90 Å². The molecular weight excluding hydrogens is 356 g/mol. The summed E-state index contributed by atoms with van der Waals surface area (Å²) in [5.74, 6) is 1.09. The first-order valence-electron chi connectivity index (χ1n) is 13.1. The first-order valence-corrected chi connectivity index (χ1v) is 13.1. The summed E-state index contributed by atoms with van der Waals surface area (Å²) in [5, 5.41) is 3.32. The third kappa shape index (κ3) is 7.51. The van der Waals surface area contributed by atoms with Gasteiger partial charge in [-0.15, -0.1) is 0 Å². The van der Waals surface area contributed by atoms with Gasteiger partial charge in [0.15, 0.2) is 0 Å². The van der Waals surface area contributed by atoms with Gasteiger partial charge in [0.25, 0.3) is 0 Å². The summed E-state index contributed by atoms with van der Waals surface area (Å²) >= 11 is 0. The summed E-state index contributed by atoms with van der Waals surface area (Å²) in [4.78, 5) is 2.62. The Kier molecular flexibility index (Phi) is 12.4. The third-order valence-electron chi connectivity index (χ3n) is 7.10. The zero-order valence-corrected chi connectivity index (χ0v) is 21.3. The van der Waals surface area contributed by atoms with Crippen LogP contribution in [-0.4, -0.2) is 49.8 Å². The molecule has 2 spiro atoms. The Bertz CT molecular complexity index is 397. The molecular formula is C26H54N2O. The molecule has 0 amide bonds. The largest absolute Gasteiger partial charge is 0.378 e. The van der Waals surface area contributed by atoms with Gasteiger partial charge in [-0.25, -0.2) is 0 Å². The van der Waals surface area contributed by atoms with Crippen molar-refractivity contribution in [3.05, 3.63) is 0 Å². The summed E-state index contributed by atoms with van der Waals surface area (Å²) in [7, 11) is 0. The van der Waals surface area contributed by atoms with Gasteiger partial charge < -0.3 is 10.1 Å². The van der Waals surface area contributed by atoms with Crippen molar-refractivity contribution in [3.8, 4) is 0 Å². The van der Waals surface area contributed by atoms with E-state index in [-0.39, 0.29) is 0 Å². The summed E-state index contributed by atoms with van der Waals surface area (Å²) in [6.45, 7) is 23.3. The molecule has 3 heteroatoms. The van der Waals surface area contributed by atoms with E-state index in [0.29, 0.717) is 11.5 Å². The van der Waals surface area contributed by atoms with Crippen molar-refractivity contribution >= 4 is 0 Å². The van der Waals surface area contributed by atoms with Crippen LogP contribution in [0.25, 0.3) is 0 Å². The van der Waals surface area contributed by atoms with Gasteiger partial charge in [0.05, 0.1) is 6.10 Å². The number of nitrogens with one attached hydrogen (secondary N) is 1. The number of hydrogen-bond acceptors (Lipinski definition) is 3. The second-order valence-electron chi connectivity index (χ2n) is 9.92. The molecule has 4 fully saturated rings. The predicted molar refractivity (Wildman–Crippen MR) is 129 cm³/mol. The number of likely N-dealkylation sites (tertiary alicyclic amines) is 1. The maximum atomic E-state index is 5.63. The number of ether oxygens (including phenoxy) is 1. The highest BCUT2D eigenvalue weighted by Gasteiger charge is 2.52. The van der Waals surface area contributed by atoms with Crippen LogP contribution in [-0.2, 0) is 4.74 Å². The van der Waals surface area contributed by atoms with E-state index in [1.807, 2.05) is 27.7 Å². The standard InChI is InChI=1S/C13H25N.C9H17NO.2C2H6/c1-4-5-6-12-7-13(8-12)9-14(10-13)11(2)3;1-2-3-11-8-4-9(5-8)6-10-7-9;2*1-2/h11-12H,4-10H2,1-3H3;8,10H,2-7H2,1H3;2*1-2H3. The SMILES string of the molecule is CC.CC.CCCCC1CC2(C1)CN(C(C)C)C2.CCCOC1CC2(CNC2)C1. The highest BCUT2D eigenvalue weighted by Crippen LogP contribution is 2.53. The van der Waals surface area contributed by atoms with Gasteiger partial charge in [0, 0.05) is 44.2 Å². The molecule has 2 saturated heterocycles. The smallest absolute Gasteiger partial charge is 0.0587 e. The quantitative estimate of drug-likeness (QED) is 0.517. The van der Waals surface area contributed by atoms with Gasteiger partial charge in [0.2, 0.25) is 0 Å². The molecule has 0 bridgehead atoms. The van der Waals surface area contributed by atoms with Crippen LogP contribution < -0.4 is 5.32 Å². The molecule has 0 aromatic carbocycles. The van der Waals surface area contributed by atoms with Crippen molar-refractivity contribution in [2.45, 2.75) is 119 Å². The lowest BCUT2D eigenvalue weighted by Gasteiger charge is -2.60. The molecule has 2 aliphatic heterocycles. The normalized spacial score (nSPS) is 25.8. The first kappa shape index (κ1) is 26.9. The molecule has 1 N–H and O–H groups in total. The highest BCUT2D eigenvalue weighted by atomic mass is 16.5.